The van der Waals surface area contributed by atoms with Crippen molar-refractivity contribution in [2.45, 2.75) is 25.4 Å². The van der Waals surface area contributed by atoms with E-state index in [0.717, 1.165) is 37.7 Å². The molecule has 0 unspecified atom stereocenters. The maximum Gasteiger partial charge on any atom is 0.125 e. The lowest BCUT2D eigenvalue weighted by Gasteiger charge is -2.34. The largest absolute Gasteiger partial charge is 0.381 e. The minimum atomic E-state index is -0.166. The summed E-state index contributed by atoms with van der Waals surface area (Å²) in [6.07, 6.45) is 3.69. The van der Waals surface area contributed by atoms with Gasteiger partial charge in [0.2, 0.25) is 0 Å². The molecule has 0 saturated carbocycles. The maximum absolute atomic E-state index is 5.88. The van der Waals surface area contributed by atoms with Gasteiger partial charge in [-0.1, -0.05) is 0 Å². The quantitative estimate of drug-likeness (QED) is 0.771. The summed E-state index contributed by atoms with van der Waals surface area (Å²) < 4.78 is 11.2. The van der Waals surface area contributed by atoms with Crippen molar-refractivity contribution in [2.75, 3.05) is 19.8 Å². The lowest BCUT2D eigenvalue weighted by atomic mass is 9.95. The molecule has 2 rings (SSSR count). The first kappa shape index (κ1) is 10.1. The summed E-state index contributed by atoms with van der Waals surface area (Å²) >= 11 is 1.68. The molecule has 1 fully saturated rings. The Kier molecular flexibility index (Phi) is 3.15. The number of hydrogen-bond acceptors (Lipinski definition) is 4. The predicted molar refractivity (Wildman–Crippen MR) is 55.5 cm³/mol. The number of hydrogen-bond donors (Lipinski definition) is 0. The SMILES string of the molecule is CCOC1(c2nccs2)CCOCC1. The Hall–Kier alpha value is -0.450. The number of nitrogens with zero attached hydrogens (tertiary/aromatic N) is 1. The standard InChI is InChI=1S/C10H15NO2S/c1-2-13-10(3-6-12-7-4-10)9-11-5-8-14-9/h5,8H,2-4,6-7H2,1H3. The number of thiazole rings is 1. The lowest BCUT2D eigenvalue weighted by Crippen LogP contribution is -2.36. The zero-order valence-corrected chi connectivity index (χ0v) is 9.18. The summed E-state index contributed by atoms with van der Waals surface area (Å²) in [7, 11) is 0. The van der Waals surface area contributed by atoms with Gasteiger partial charge in [-0.3, -0.25) is 0 Å². The molecule has 78 valence electrons. The minimum Gasteiger partial charge on any atom is -0.381 e. The number of aromatic nitrogens is 1. The van der Waals surface area contributed by atoms with Gasteiger partial charge in [-0.25, -0.2) is 4.98 Å². The Balaban J connectivity index is 2.20. The van der Waals surface area contributed by atoms with Crippen molar-refractivity contribution in [3.05, 3.63) is 16.6 Å². The molecular formula is C10H15NO2S. The van der Waals surface area contributed by atoms with Crippen LogP contribution in [0.25, 0.3) is 0 Å². The van der Waals surface area contributed by atoms with E-state index in [1.807, 2.05) is 18.5 Å². The van der Waals surface area contributed by atoms with Gasteiger partial charge in [0.05, 0.1) is 0 Å². The molecule has 0 amide bonds. The van der Waals surface area contributed by atoms with Crippen molar-refractivity contribution in [3.8, 4) is 0 Å². The molecule has 0 N–H and O–H groups in total. The van der Waals surface area contributed by atoms with Crippen LogP contribution in [0.1, 0.15) is 24.8 Å². The van der Waals surface area contributed by atoms with E-state index in [1.165, 1.54) is 0 Å². The summed E-state index contributed by atoms with van der Waals surface area (Å²) in [5.41, 5.74) is -0.166. The number of rotatable bonds is 3. The molecule has 1 aromatic heterocycles. The molecule has 1 aliphatic heterocycles. The van der Waals surface area contributed by atoms with Crippen LogP contribution in [0, 0.1) is 0 Å². The van der Waals surface area contributed by atoms with Gasteiger partial charge >= 0.3 is 0 Å². The van der Waals surface area contributed by atoms with Crippen molar-refractivity contribution in [3.63, 3.8) is 0 Å². The van der Waals surface area contributed by atoms with Gasteiger partial charge in [0.15, 0.2) is 0 Å². The van der Waals surface area contributed by atoms with Crippen LogP contribution in [0.3, 0.4) is 0 Å². The average molecular weight is 213 g/mol. The molecule has 0 aliphatic carbocycles. The van der Waals surface area contributed by atoms with Gasteiger partial charge in [0.1, 0.15) is 10.6 Å². The van der Waals surface area contributed by atoms with Gasteiger partial charge in [-0.05, 0) is 6.92 Å². The van der Waals surface area contributed by atoms with Crippen LogP contribution in [0.15, 0.2) is 11.6 Å². The van der Waals surface area contributed by atoms with Crippen LogP contribution < -0.4 is 0 Å². The predicted octanol–water partition coefficient (Wildman–Crippen LogP) is 2.19. The topological polar surface area (TPSA) is 31.4 Å². The molecule has 0 atom stereocenters. The minimum absolute atomic E-state index is 0.166. The lowest BCUT2D eigenvalue weighted by molar-refractivity contribution is -0.112. The summed E-state index contributed by atoms with van der Waals surface area (Å²) in [5, 5.41) is 3.11. The highest BCUT2D eigenvalue weighted by atomic mass is 32.1. The first-order valence-electron chi connectivity index (χ1n) is 4.99. The van der Waals surface area contributed by atoms with Gasteiger partial charge < -0.3 is 9.47 Å². The summed E-state index contributed by atoms with van der Waals surface area (Å²) in [5.74, 6) is 0. The van der Waals surface area contributed by atoms with Crippen LogP contribution in [0.4, 0.5) is 0 Å². The van der Waals surface area contributed by atoms with E-state index < -0.39 is 0 Å². The van der Waals surface area contributed by atoms with Crippen molar-refractivity contribution < 1.29 is 9.47 Å². The molecule has 1 aromatic rings. The third-order valence-corrected chi connectivity index (χ3v) is 3.50. The van der Waals surface area contributed by atoms with Gasteiger partial charge in [0, 0.05) is 44.2 Å². The van der Waals surface area contributed by atoms with Gasteiger partial charge in [0.25, 0.3) is 0 Å². The third-order valence-electron chi connectivity index (χ3n) is 2.54. The smallest absolute Gasteiger partial charge is 0.125 e. The van der Waals surface area contributed by atoms with E-state index in [-0.39, 0.29) is 5.60 Å². The van der Waals surface area contributed by atoms with E-state index in [4.69, 9.17) is 9.47 Å². The third kappa shape index (κ3) is 1.82. The zero-order chi connectivity index (χ0) is 9.86. The Morgan fingerprint density at radius 2 is 2.36 bits per heavy atom. The molecule has 1 saturated heterocycles. The monoisotopic (exact) mass is 213 g/mol. The molecule has 0 aromatic carbocycles. The molecular weight excluding hydrogens is 198 g/mol. The fourth-order valence-electron chi connectivity index (χ4n) is 1.85. The maximum atomic E-state index is 5.88. The summed E-state index contributed by atoms with van der Waals surface area (Å²) in [4.78, 5) is 4.37. The number of ether oxygens (including phenoxy) is 2. The van der Waals surface area contributed by atoms with Crippen molar-refractivity contribution in [1.29, 1.82) is 0 Å². The normalized spacial score (nSPS) is 20.9. The van der Waals surface area contributed by atoms with E-state index >= 15 is 0 Å². The molecule has 0 spiro atoms. The molecule has 3 nitrogen and oxygen atoms in total. The van der Waals surface area contributed by atoms with Crippen molar-refractivity contribution in [2.24, 2.45) is 0 Å². The molecule has 1 aliphatic rings. The summed E-state index contributed by atoms with van der Waals surface area (Å²) in [6, 6.07) is 0. The van der Waals surface area contributed by atoms with Crippen LogP contribution in [0.2, 0.25) is 0 Å². The molecule has 14 heavy (non-hydrogen) atoms. The highest BCUT2D eigenvalue weighted by Crippen LogP contribution is 2.36. The van der Waals surface area contributed by atoms with Crippen molar-refractivity contribution in [1.82, 2.24) is 4.98 Å². The molecule has 2 heterocycles. The second kappa shape index (κ2) is 4.38. The van der Waals surface area contributed by atoms with E-state index in [0.29, 0.717) is 0 Å². The Morgan fingerprint density at radius 3 is 2.93 bits per heavy atom. The van der Waals surface area contributed by atoms with Crippen LogP contribution >= 0.6 is 11.3 Å². The Labute approximate surface area is 88.1 Å². The Morgan fingerprint density at radius 1 is 1.57 bits per heavy atom. The Bertz CT molecular complexity index is 262. The van der Waals surface area contributed by atoms with E-state index in [2.05, 4.69) is 4.98 Å². The van der Waals surface area contributed by atoms with Crippen molar-refractivity contribution >= 4 is 11.3 Å². The molecule has 0 radical (unpaired) electrons. The fourth-order valence-corrected chi connectivity index (χ4v) is 2.70. The zero-order valence-electron chi connectivity index (χ0n) is 8.36. The first-order chi connectivity index (χ1) is 6.87. The second-order valence-electron chi connectivity index (χ2n) is 3.38. The molecule has 4 heteroatoms. The van der Waals surface area contributed by atoms with E-state index in [9.17, 15) is 0 Å². The summed E-state index contributed by atoms with van der Waals surface area (Å²) in [6.45, 7) is 4.32. The fraction of sp³-hybridized carbons (Fsp3) is 0.700. The van der Waals surface area contributed by atoms with E-state index in [1.54, 1.807) is 11.3 Å². The average Bonchev–Trinajstić information content (AvgIpc) is 2.73. The van der Waals surface area contributed by atoms with Crippen LogP contribution in [0.5, 0.6) is 0 Å². The molecule has 0 bridgehead atoms. The highest BCUT2D eigenvalue weighted by molar-refractivity contribution is 7.09. The first-order valence-corrected chi connectivity index (χ1v) is 5.87. The van der Waals surface area contributed by atoms with Gasteiger partial charge in [-0.15, -0.1) is 11.3 Å². The van der Waals surface area contributed by atoms with Gasteiger partial charge in [-0.2, -0.15) is 0 Å². The van der Waals surface area contributed by atoms with Crippen LogP contribution in [-0.2, 0) is 15.1 Å². The second-order valence-corrected chi connectivity index (χ2v) is 4.27. The van der Waals surface area contributed by atoms with Crippen LogP contribution in [-0.4, -0.2) is 24.8 Å². The highest BCUT2D eigenvalue weighted by Gasteiger charge is 2.37.